The summed E-state index contributed by atoms with van der Waals surface area (Å²) in [5.74, 6) is -2.65. The Bertz CT molecular complexity index is 679. The van der Waals surface area contributed by atoms with Crippen LogP contribution in [-0.4, -0.2) is 20.9 Å². The topological polar surface area (TPSA) is 81.1 Å². The van der Waals surface area contributed by atoms with Gasteiger partial charge < -0.3 is 10.8 Å². The lowest BCUT2D eigenvalue weighted by Gasteiger charge is -2.08. The van der Waals surface area contributed by atoms with Crippen molar-refractivity contribution >= 4 is 11.7 Å². The minimum Gasteiger partial charge on any atom is -0.478 e. The SMILES string of the molecule is Nc1cc(C(=O)O)c(F)cc1-n1ccc(C(F)(F)F)n1. The quantitative estimate of drug-likeness (QED) is 0.656. The van der Waals surface area contributed by atoms with Gasteiger partial charge in [0.25, 0.3) is 0 Å². The highest BCUT2D eigenvalue weighted by atomic mass is 19.4. The molecule has 20 heavy (non-hydrogen) atoms. The molecule has 0 unspecified atom stereocenters. The first-order valence-corrected chi connectivity index (χ1v) is 5.15. The van der Waals surface area contributed by atoms with Crippen molar-refractivity contribution in [3.05, 3.63) is 41.5 Å². The normalized spacial score (nSPS) is 11.6. The summed E-state index contributed by atoms with van der Waals surface area (Å²) >= 11 is 0. The monoisotopic (exact) mass is 289 g/mol. The van der Waals surface area contributed by atoms with Crippen LogP contribution in [-0.2, 0) is 6.18 Å². The van der Waals surface area contributed by atoms with Gasteiger partial charge in [-0.2, -0.15) is 18.3 Å². The van der Waals surface area contributed by atoms with Crippen LogP contribution in [0.1, 0.15) is 16.1 Å². The van der Waals surface area contributed by atoms with Gasteiger partial charge in [-0.05, 0) is 12.1 Å². The number of carbonyl (C=O) groups is 1. The van der Waals surface area contributed by atoms with E-state index in [1.807, 2.05) is 0 Å². The Hall–Kier alpha value is -2.58. The molecule has 0 saturated heterocycles. The van der Waals surface area contributed by atoms with Crippen molar-refractivity contribution in [3.63, 3.8) is 0 Å². The molecule has 1 heterocycles. The summed E-state index contributed by atoms with van der Waals surface area (Å²) < 4.78 is 51.5. The summed E-state index contributed by atoms with van der Waals surface area (Å²) in [5, 5.41) is 11.9. The average molecular weight is 289 g/mol. The van der Waals surface area contributed by atoms with Gasteiger partial charge in [0.15, 0.2) is 5.69 Å². The van der Waals surface area contributed by atoms with E-state index >= 15 is 0 Å². The van der Waals surface area contributed by atoms with Gasteiger partial charge in [-0.15, -0.1) is 0 Å². The number of carboxylic acids is 1. The van der Waals surface area contributed by atoms with E-state index in [0.717, 1.165) is 16.9 Å². The highest BCUT2D eigenvalue weighted by molar-refractivity contribution is 5.90. The van der Waals surface area contributed by atoms with Crippen molar-refractivity contribution < 1.29 is 27.5 Å². The van der Waals surface area contributed by atoms with E-state index in [-0.39, 0.29) is 11.4 Å². The van der Waals surface area contributed by atoms with E-state index < -0.39 is 29.2 Å². The molecule has 9 heteroatoms. The van der Waals surface area contributed by atoms with E-state index in [4.69, 9.17) is 10.8 Å². The predicted molar refractivity (Wildman–Crippen MR) is 59.9 cm³/mol. The molecule has 0 spiro atoms. The third-order valence-electron chi connectivity index (χ3n) is 2.47. The number of alkyl halides is 3. The minimum atomic E-state index is -4.64. The molecule has 0 atom stereocenters. The Morgan fingerprint density at radius 3 is 2.50 bits per heavy atom. The number of hydrogen-bond acceptors (Lipinski definition) is 3. The molecule has 106 valence electrons. The molecule has 0 aliphatic carbocycles. The lowest BCUT2D eigenvalue weighted by atomic mass is 10.1. The molecular weight excluding hydrogens is 282 g/mol. The highest BCUT2D eigenvalue weighted by Gasteiger charge is 2.33. The fourth-order valence-corrected chi connectivity index (χ4v) is 1.55. The van der Waals surface area contributed by atoms with E-state index in [1.165, 1.54) is 0 Å². The fourth-order valence-electron chi connectivity index (χ4n) is 1.55. The van der Waals surface area contributed by atoms with Gasteiger partial charge in [0.05, 0.1) is 16.9 Å². The summed E-state index contributed by atoms with van der Waals surface area (Å²) in [7, 11) is 0. The second-order valence-corrected chi connectivity index (χ2v) is 3.84. The first-order chi connectivity index (χ1) is 9.20. The molecule has 0 saturated carbocycles. The van der Waals surface area contributed by atoms with E-state index in [9.17, 15) is 22.4 Å². The number of halogens is 4. The maximum absolute atomic E-state index is 13.5. The van der Waals surface area contributed by atoms with Gasteiger partial charge in [0.2, 0.25) is 0 Å². The van der Waals surface area contributed by atoms with Gasteiger partial charge in [0.1, 0.15) is 5.82 Å². The molecule has 3 N–H and O–H groups in total. The number of anilines is 1. The Morgan fingerprint density at radius 2 is 2.00 bits per heavy atom. The van der Waals surface area contributed by atoms with Crippen molar-refractivity contribution in [2.24, 2.45) is 0 Å². The second kappa shape index (κ2) is 4.51. The largest absolute Gasteiger partial charge is 0.478 e. The Kier molecular flexibility index (Phi) is 3.12. The summed E-state index contributed by atoms with van der Waals surface area (Å²) in [6.45, 7) is 0. The van der Waals surface area contributed by atoms with Crippen molar-refractivity contribution in [1.29, 1.82) is 0 Å². The molecule has 0 radical (unpaired) electrons. The highest BCUT2D eigenvalue weighted by Crippen LogP contribution is 2.29. The van der Waals surface area contributed by atoms with Crippen molar-refractivity contribution in [3.8, 4) is 5.69 Å². The predicted octanol–water partition coefficient (Wildman–Crippen LogP) is 2.31. The van der Waals surface area contributed by atoms with Crippen molar-refractivity contribution in [2.45, 2.75) is 6.18 Å². The maximum atomic E-state index is 13.5. The zero-order chi connectivity index (χ0) is 15.1. The Balaban J connectivity index is 2.51. The molecule has 0 bridgehead atoms. The Morgan fingerprint density at radius 1 is 1.35 bits per heavy atom. The van der Waals surface area contributed by atoms with Crippen molar-refractivity contribution in [2.75, 3.05) is 5.73 Å². The number of nitrogens with zero attached hydrogens (tertiary/aromatic N) is 2. The van der Waals surface area contributed by atoms with Gasteiger partial charge in [0, 0.05) is 12.3 Å². The average Bonchev–Trinajstić information content (AvgIpc) is 2.80. The molecular formula is C11H7F4N3O2. The summed E-state index contributed by atoms with van der Waals surface area (Å²) in [4.78, 5) is 10.7. The van der Waals surface area contributed by atoms with Crippen molar-refractivity contribution in [1.82, 2.24) is 9.78 Å². The summed E-state index contributed by atoms with van der Waals surface area (Å²) in [6.07, 6.45) is -3.69. The van der Waals surface area contributed by atoms with Gasteiger partial charge in [-0.3, -0.25) is 0 Å². The number of nitrogens with two attached hydrogens (primary N) is 1. The van der Waals surface area contributed by atoms with Crippen LogP contribution in [0.4, 0.5) is 23.2 Å². The first kappa shape index (κ1) is 13.8. The Labute approximate surface area is 109 Å². The van der Waals surface area contributed by atoms with E-state index in [2.05, 4.69) is 5.10 Å². The third kappa shape index (κ3) is 2.42. The molecule has 0 fully saturated rings. The van der Waals surface area contributed by atoms with Gasteiger partial charge >= 0.3 is 12.1 Å². The molecule has 1 aromatic carbocycles. The van der Waals surface area contributed by atoms with Gasteiger partial charge in [-0.1, -0.05) is 0 Å². The number of carboxylic acid groups (broad SMARTS) is 1. The minimum absolute atomic E-state index is 0.178. The maximum Gasteiger partial charge on any atom is 0.435 e. The number of aromatic carboxylic acids is 1. The van der Waals surface area contributed by atoms with Crippen LogP contribution in [0.3, 0.4) is 0 Å². The first-order valence-electron chi connectivity index (χ1n) is 5.15. The molecule has 2 rings (SSSR count). The van der Waals surface area contributed by atoms with E-state index in [0.29, 0.717) is 12.1 Å². The zero-order valence-corrected chi connectivity index (χ0v) is 9.65. The lowest BCUT2D eigenvalue weighted by molar-refractivity contribution is -0.141. The van der Waals surface area contributed by atoms with Crippen LogP contribution in [0.5, 0.6) is 0 Å². The van der Waals surface area contributed by atoms with Crippen LogP contribution in [0.2, 0.25) is 0 Å². The number of aromatic nitrogens is 2. The molecule has 1 aromatic heterocycles. The third-order valence-corrected chi connectivity index (χ3v) is 2.47. The van der Waals surface area contributed by atoms with Crippen LogP contribution >= 0.6 is 0 Å². The van der Waals surface area contributed by atoms with Gasteiger partial charge in [-0.25, -0.2) is 13.9 Å². The van der Waals surface area contributed by atoms with E-state index in [1.54, 1.807) is 0 Å². The second-order valence-electron chi connectivity index (χ2n) is 3.84. The van der Waals surface area contributed by atoms with Crippen LogP contribution in [0.15, 0.2) is 24.4 Å². The lowest BCUT2D eigenvalue weighted by Crippen LogP contribution is -2.09. The molecule has 0 aliphatic heterocycles. The van der Waals surface area contributed by atoms with Crippen LogP contribution < -0.4 is 5.73 Å². The fraction of sp³-hybridized carbons (Fsp3) is 0.0909. The zero-order valence-electron chi connectivity index (χ0n) is 9.65. The van der Waals surface area contributed by atoms with Crippen LogP contribution in [0.25, 0.3) is 5.69 Å². The molecule has 0 amide bonds. The van der Waals surface area contributed by atoms with Crippen LogP contribution in [0, 0.1) is 5.82 Å². The number of rotatable bonds is 2. The molecule has 0 aliphatic rings. The smallest absolute Gasteiger partial charge is 0.435 e. The number of hydrogen-bond donors (Lipinski definition) is 2. The molecule has 2 aromatic rings. The number of nitrogen functional groups attached to an aromatic ring is 1. The number of benzene rings is 1. The summed E-state index contributed by atoms with van der Waals surface area (Å²) in [6, 6.07) is 2.23. The molecule has 5 nitrogen and oxygen atoms in total. The standard InChI is InChI=1S/C11H7F4N3O2/c12-6-4-8(7(16)3-5(6)10(19)20)18-2-1-9(17-18)11(13,14)15/h1-4H,16H2,(H,19,20). The summed E-state index contributed by atoms with van der Waals surface area (Å²) in [5.41, 5.74) is 3.28.